The van der Waals surface area contributed by atoms with Gasteiger partial charge in [0.05, 0.1) is 17.9 Å². The van der Waals surface area contributed by atoms with E-state index >= 15 is 0 Å². The lowest BCUT2D eigenvalue weighted by atomic mass is 9.98. The highest BCUT2D eigenvalue weighted by atomic mass is 35.5. The van der Waals surface area contributed by atoms with E-state index in [1.54, 1.807) is 13.0 Å². The molecule has 0 bridgehead atoms. The Kier molecular flexibility index (Phi) is 4.58. The summed E-state index contributed by atoms with van der Waals surface area (Å²) in [5.74, 6) is -1.31. The molecular weight excluding hydrogens is 310 g/mol. The van der Waals surface area contributed by atoms with Crippen LogP contribution in [0.15, 0.2) is 34.9 Å². The van der Waals surface area contributed by atoms with Gasteiger partial charge in [-0.25, -0.2) is 4.39 Å². The summed E-state index contributed by atoms with van der Waals surface area (Å²) in [6.45, 7) is 2.29. The fourth-order valence-electron chi connectivity index (χ4n) is 2.06. The van der Waals surface area contributed by atoms with E-state index in [1.165, 1.54) is 12.3 Å². The number of benzene rings is 1. The minimum atomic E-state index is -4.75. The highest BCUT2D eigenvalue weighted by molar-refractivity contribution is 6.29. The predicted molar refractivity (Wildman–Crippen MR) is 70.6 cm³/mol. The third kappa shape index (κ3) is 3.39. The first-order chi connectivity index (χ1) is 9.84. The van der Waals surface area contributed by atoms with Crippen LogP contribution in [-0.4, -0.2) is 6.54 Å². The van der Waals surface area contributed by atoms with E-state index in [1.807, 2.05) is 0 Å². The van der Waals surface area contributed by atoms with Crippen LogP contribution in [0.1, 0.15) is 29.7 Å². The number of halogens is 5. The van der Waals surface area contributed by atoms with Gasteiger partial charge in [0.1, 0.15) is 5.82 Å². The van der Waals surface area contributed by atoms with E-state index in [2.05, 4.69) is 5.32 Å². The standard InChI is InChI=1S/C14H12ClF4NO/c1-2-20-12(9-5-6-21-13(9)15)8-3-4-11(16)10(7-8)14(17,18)19/h3-7,12,20H,2H2,1H3. The van der Waals surface area contributed by atoms with Gasteiger partial charge in [0.25, 0.3) is 0 Å². The molecule has 0 aliphatic rings. The molecular formula is C14H12ClF4NO. The summed E-state index contributed by atoms with van der Waals surface area (Å²) in [6.07, 6.45) is -3.41. The van der Waals surface area contributed by atoms with Crippen molar-refractivity contribution in [2.24, 2.45) is 0 Å². The number of alkyl halides is 3. The van der Waals surface area contributed by atoms with Crippen LogP contribution in [0.3, 0.4) is 0 Å². The van der Waals surface area contributed by atoms with Crippen LogP contribution < -0.4 is 5.32 Å². The highest BCUT2D eigenvalue weighted by Gasteiger charge is 2.35. The summed E-state index contributed by atoms with van der Waals surface area (Å²) in [4.78, 5) is 0. The van der Waals surface area contributed by atoms with E-state index in [0.29, 0.717) is 12.1 Å². The Balaban J connectivity index is 2.49. The Bertz CT molecular complexity index is 624. The molecule has 0 saturated heterocycles. The average Bonchev–Trinajstić information content (AvgIpc) is 2.82. The number of rotatable bonds is 4. The molecule has 0 saturated carbocycles. The summed E-state index contributed by atoms with van der Waals surface area (Å²) < 4.78 is 56.7. The van der Waals surface area contributed by atoms with Crippen molar-refractivity contribution in [3.05, 3.63) is 58.3 Å². The fourth-order valence-corrected chi connectivity index (χ4v) is 2.29. The van der Waals surface area contributed by atoms with Crippen LogP contribution in [0, 0.1) is 5.82 Å². The first-order valence-corrected chi connectivity index (χ1v) is 6.55. The van der Waals surface area contributed by atoms with Crippen molar-refractivity contribution in [2.45, 2.75) is 19.1 Å². The van der Waals surface area contributed by atoms with E-state index in [4.69, 9.17) is 16.0 Å². The molecule has 1 N–H and O–H groups in total. The third-order valence-electron chi connectivity index (χ3n) is 2.99. The molecule has 0 aliphatic heterocycles. The maximum absolute atomic E-state index is 13.4. The smallest absolute Gasteiger partial charge is 0.419 e. The number of furan rings is 1. The van der Waals surface area contributed by atoms with Gasteiger partial charge >= 0.3 is 6.18 Å². The minimum absolute atomic E-state index is 0.0823. The average molecular weight is 322 g/mol. The van der Waals surface area contributed by atoms with Crippen LogP contribution in [-0.2, 0) is 6.18 Å². The van der Waals surface area contributed by atoms with Gasteiger partial charge in [-0.1, -0.05) is 13.0 Å². The molecule has 1 atom stereocenters. The second-order valence-electron chi connectivity index (χ2n) is 4.38. The zero-order chi connectivity index (χ0) is 15.6. The largest absolute Gasteiger partial charge is 0.453 e. The van der Waals surface area contributed by atoms with Gasteiger partial charge in [-0.15, -0.1) is 0 Å². The molecule has 2 aromatic rings. The Morgan fingerprint density at radius 2 is 2.00 bits per heavy atom. The van der Waals surface area contributed by atoms with E-state index in [-0.39, 0.29) is 10.8 Å². The lowest BCUT2D eigenvalue weighted by molar-refractivity contribution is -0.140. The van der Waals surface area contributed by atoms with Crippen LogP contribution in [0.2, 0.25) is 5.22 Å². The summed E-state index contributed by atoms with van der Waals surface area (Å²) in [7, 11) is 0. The quantitative estimate of drug-likeness (QED) is 0.819. The van der Waals surface area contributed by atoms with Crippen molar-refractivity contribution in [1.29, 1.82) is 0 Å². The molecule has 1 heterocycles. The molecule has 0 aliphatic carbocycles. The first kappa shape index (κ1) is 15.9. The molecule has 1 unspecified atom stereocenters. The van der Waals surface area contributed by atoms with Gasteiger partial charge in [-0.3, -0.25) is 0 Å². The molecule has 1 aromatic heterocycles. The summed E-state index contributed by atoms with van der Waals surface area (Å²) in [6, 6.07) is 3.83. The first-order valence-electron chi connectivity index (χ1n) is 6.17. The Hall–Kier alpha value is -1.53. The van der Waals surface area contributed by atoms with Crippen LogP contribution in [0.25, 0.3) is 0 Å². The van der Waals surface area contributed by atoms with Crippen molar-refractivity contribution < 1.29 is 22.0 Å². The molecule has 2 nitrogen and oxygen atoms in total. The van der Waals surface area contributed by atoms with Gasteiger partial charge in [-0.05, 0) is 41.9 Å². The molecule has 7 heteroatoms. The SMILES string of the molecule is CCNC(c1ccc(F)c(C(F)(F)F)c1)c1ccoc1Cl. The van der Waals surface area contributed by atoms with Gasteiger partial charge in [-0.2, -0.15) is 13.2 Å². The molecule has 114 valence electrons. The van der Waals surface area contributed by atoms with E-state index in [0.717, 1.165) is 12.1 Å². The second kappa shape index (κ2) is 6.07. The topological polar surface area (TPSA) is 25.2 Å². The Labute approximate surface area is 123 Å². The van der Waals surface area contributed by atoms with Crippen LogP contribution in [0.4, 0.5) is 17.6 Å². The second-order valence-corrected chi connectivity index (χ2v) is 4.72. The third-order valence-corrected chi connectivity index (χ3v) is 3.30. The lowest BCUT2D eigenvalue weighted by Gasteiger charge is -2.19. The van der Waals surface area contributed by atoms with Gasteiger partial charge in [0, 0.05) is 5.56 Å². The van der Waals surface area contributed by atoms with Crippen LogP contribution >= 0.6 is 11.6 Å². The molecule has 0 amide bonds. The Morgan fingerprint density at radius 1 is 1.29 bits per heavy atom. The predicted octanol–water partition coefficient (Wildman–Crippen LogP) is 4.79. The molecule has 2 rings (SSSR count). The monoisotopic (exact) mass is 321 g/mol. The number of hydrogen-bond donors (Lipinski definition) is 1. The number of nitrogens with one attached hydrogen (secondary N) is 1. The summed E-state index contributed by atoms with van der Waals surface area (Å²) in [5, 5.41) is 3.09. The lowest BCUT2D eigenvalue weighted by Crippen LogP contribution is -2.22. The normalized spacial score (nSPS) is 13.4. The number of hydrogen-bond acceptors (Lipinski definition) is 2. The van der Waals surface area contributed by atoms with Gasteiger partial charge in [0.2, 0.25) is 0 Å². The molecule has 0 fully saturated rings. The molecule has 21 heavy (non-hydrogen) atoms. The zero-order valence-electron chi connectivity index (χ0n) is 11.0. The van der Waals surface area contributed by atoms with E-state index < -0.39 is 23.6 Å². The van der Waals surface area contributed by atoms with E-state index in [9.17, 15) is 17.6 Å². The van der Waals surface area contributed by atoms with Crippen LogP contribution in [0.5, 0.6) is 0 Å². The fraction of sp³-hybridized carbons (Fsp3) is 0.286. The Morgan fingerprint density at radius 3 is 2.52 bits per heavy atom. The van der Waals surface area contributed by atoms with Crippen molar-refractivity contribution in [3.63, 3.8) is 0 Å². The molecule has 0 radical (unpaired) electrons. The van der Waals surface area contributed by atoms with Gasteiger partial charge < -0.3 is 9.73 Å². The molecule has 1 aromatic carbocycles. The van der Waals surface area contributed by atoms with Crippen molar-refractivity contribution in [3.8, 4) is 0 Å². The highest BCUT2D eigenvalue weighted by Crippen LogP contribution is 2.35. The summed E-state index contributed by atoms with van der Waals surface area (Å²) in [5.41, 5.74) is -0.547. The van der Waals surface area contributed by atoms with Crippen molar-refractivity contribution in [2.75, 3.05) is 6.54 Å². The van der Waals surface area contributed by atoms with Crippen molar-refractivity contribution in [1.82, 2.24) is 5.32 Å². The minimum Gasteiger partial charge on any atom is -0.453 e. The maximum Gasteiger partial charge on any atom is 0.419 e. The van der Waals surface area contributed by atoms with Crippen molar-refractivity contribution >= 4 is 11.6 Å². The van der Waals surface area contributed by atoms with Gasteiger partial charge in [0.15, 0.2) is 5.22 Å². The molecule has 0 spiro atoms. The maximum atomic E-state index is 13.4. The summed E-state index contributed by atoms with van der Waals surface area (Å²) >= 11 is 5.88. The zero-order valence-corrected chi connectivity index (χ0v) is 11.7.